The van der Waals surface area contributed by atoms with Crippen molar-refractivity contribution < 1.29 is 36.7 Å². The van der Waals surface area contributed by atoms with Gasteiger partial charge >= 0.3 is 12.1 Å². The van der Waals surface area contributed by atoms with Gasteiger partial charge in [-0.05, 0) is 54.2 Å². The fourth-order valence-corrected chi connectivity index (χ4v) is 9.22. The molecule has 0 radical (unpaired) electrons. The highest BCUT2D eigenvalue weighted by Crippen LogP contribution is 2.74. The van der Waals surface area contributed by atoms with Crippen LogP contribution in [0.1, 0.15) is 58.4 Å². The van der Waals surface area contributed by atoms with Gasteiger partial charge in [0.1, 0.15) is 12.2 Å². The molecule has 1 aromatic rings. The van der Waals surface area contributed by atoms with Gasteiger partial charge < -0.3 is 13.9 Å². The SMILES string of the molecule is CC12C=CC(=O)C3(C)C1C(OC2)C(OC(=O)C(F)(F)F)C1(C)C2=CCC(c4ccoc4)C2(C)CCC13. The molecule has 9 unspecified atom stereocenters. The maximum absolute atomic E-state index is 13.7. The van der Waals surface area contributed by atoms with Crippen LogP contribution >= 0.6 is 0 Å². The molecule has 1 aromatic heterocycles. The Hall–Kier alpha value is -2.35. The average Bonchev–Trinajstić information content (AvgIpc) is 3.51. The monoisotopic (exact) mass is 504 g/mol. The summed E-state index contributed by atoms with van der Waals surface area (Å²) in [5.41, 5.74) is -0.754. The minimum Gasteiger partial charge on any atom is -0.472 e. The average molecular weight is 505 g/mol. The van der Waals surface area contributed by atoms with Crippen LogP contribution in [0.25, 0.3) is 0 Å². The van der Waals surface area contributed by atoms with Gasteiger partial charge in [-0.25, -0.2) is 4.79 Å². The fraction of sp³-hybridized carbons (Fsp3) is 0.643. The Labute approximate surface area is 208 Å². The molecule has 1 saturated heterocycles. The van der Waals surface area contributed by atoms with Crippen LogP contribution in [0.5, 0.6) is 0 Å². The maximum atomic E-state index is 13.7. The van der Waals surface area contributed by atoms with Gasteiger partial charge in [-0.2, -0.15) is 13.2 Å². The first-order valence-electron chi connectivity index (χ1n) is 12.6. The number of hydrogen-bond acceptors (Lipinski definition) is 5. The van der Waals surface area contributed by atoms with Gasteiger partial charge in [0.15, 0.2) is 5.78 Å². The lowest BCUT2D eigenvalue weighted by atomic mass is 9.38. The van der Waals surface area contributed by atoms with Gasteiger partial charge in [0, 0.05) is 22.2 Å². The first-order chi connectivity index (χ1) is 16.8. The molecule has 36 heavy (non-hydrogen) atoms. The summed E-state index contributed by atoms with van der Waals surface area (Å²) in [4.78, 5) is 26.0. The van der Waals surface area contributed by atoms with Gasteiger partial charge in [-0.1, -0.05) is 45.4 Å². The number of esters is 1. The molecular weight excluding hydrogens is 473 g/mol. The van der Waals surface area contributed by atoms with E-state index in [9.17, 15) is 22.8 Å². The minimum atomic E-state index is -5.13. The van der Waals surface area contributed by atoms with Gasteiger partial charge in [-0.15, -0.1) is 0 Å². The Morgan fingerprint density at radius 3 is 2.58 bits per heavy atom. The number of carbonyl (C=O) groups is 2. The second-order valence-corrected chi connectivity index (χ2v) is 12.3. The summed E-state index contributed by atoms with van der Waals surface area (Å²) in [7, 11) is 0. The zero-order chi connectivity index (χ0) is 25.9. The highest BCUT2D eigenvalue weighted by Gasteiger charge is 2.75. The third-order valence-corrected chi connectivity index (χ3v) is 10.6. The van der Waals surface area contributed by atoms with E-state index in [1.807, 2.05) is 32.9 Å². The van der Waals surface area contributed by atoms with Crippen molar-refractivity contribution in [1.82, 2.24) is 0 Å². The summed E-state index contributed by atoms with van der Waals surface area (Å²) in [6, 6.07) is 1.93. The van der Waals surface area contributed by atoms with Crippen molar-refractivity contribution >= 4 is 11.8 Å². The van der Waals surface area contributed by atoms with Crippen molar-refractivity contribution in [3.63, 3.8) is 0 Å². The van der Waals surface area contributed by atoms with Crippen molar-refractivity contribution in [2.45, 2.75) is 71.3 Å². The van der Waals surface area contributed by atoms with Crippen molar-refractivity contribution in [1.29, 1.82) is 0 Å². The molecule has 2 saturated carbocycles. The molecule has 0 aromatic carbocycles. The number of ether oxygens (including phenoxy) is 2. The highest BCUT2D eigenvalue weighted by atomic mass is 19.4. The third-order valence-electron chi connectivity index (χ3n) is 10.6. The molecule has 194 valence electrons. The second kappa shape index (κ2) is 7.15. The molecule has 0 N–H and O–H groups in total. The van der Waals surface area contributed by atoms with E-state index in [1.165, 1.54) is 0 Å². The Bertz CT molecular complexity index is 1180. The predicted molar refractivity (Wildman–Crippen MR) is 123 cm³/mol. The summed E-state index contributed by atoms with van der Waals surface area (Å²) in [6.07, 6.45) is 3.93. The van der Waals surface area contributed by atoms with Crippen LogP contribution < -0.4 is 0 Å². The number of alkyl halides is 3. The smallest absolute Gasteiger partial charge is 0.472 e. The van der Waals surface area contributed by atoms with E-state index in [0.717, 1.165) is 17.6 Å². The van der Waals surface area contributed by atoms with Gasteiger partial charge in [0.05, 0.1) is 19.1 Å². The molecule has 0 amide bonds. The lowest BCUT2D eigenvalue weighted by Gasteiger charge is -2.66. The van der Waals surface area contributed by atoms with Crippen molar-refractivity contribution in [3.05, 3.63) is 48.0 Å². The van der Waals surface area contributed by atoms with Gasteiger partial charge in [-0.3, -0.25) is 4.79 Å². The predicted octanol–water partition coefficient (Wildman–Crippen LogP) is 5.77. The largest absolute Gasteiger partial charge is 0.490 e. The van der Waals surface area contributed by atoms with Crippen molar-refractivity contribution in [2.24, 2.45) is 33.5 Å². The molecule has 0 spiro atoms. The molecule has 5 nitrogen and oxygen atoms in total. The third kappa shape index (κ3) is 2.77. The molecule has 3 fully saturated rings. The highest BCUT2D eigenvalue weighted by molar-refractivity contribution is 5.97. The van der Waals surface area contributed by atoms with Crippen LogP contribution in [0.4, 0.5) is 13.2 Å². The lowest BCUT2D eigenvalue weighted by Crippen LogP contribution is -2.70. The normalized spacial score (nSPS) is 47.1. The number of fused-ring (bicyclic) bond motifs is 4. The topological polar surface area (TPSA) is 65.7 Å². The summed E-state index contributed by atoms with van der Waals surface area (Å²) in [5.74, 6) is -2.83. The minimum absolute atomic E-state index is 0.0223. The number of allylic oxidation sites excluding steroid dienone is 2. The lowest BCUT2D eigenvalue weighted by molar-refractivity contribution is -0.240. The Balaban J connectivity index is 1.53. The van der Waals surface area contributed by atoms with Crippen LogP contribution in [0.15, 0.2) is 46.8 Å². The van der Waals surface area contributed by atoms with E-state index in [4.69, 9.17) is 13.9 Å². The molecular formula is C28H31F3O5. The summed E-state index contributed by atoms with van der Waals surface area (Å²) >= 11 is 0. The Kier molecular flexibility index (Phi) is 4.77. The number of rotatable bonds is 2. The zero-order valence-electron chi connectivity index (χ0n) is 20.9. The maximum Gasteiger partial charge on any atom is 0.490 e. The molecule has 4 aliphatic carbocycles. The summed E-state index contributed by atoms with van der Waals surface area (Å²) < 4.78 is 57.6. The van der Waals surface area contributed by atoms with E-state index < -0.39 is 40.6 Å². The van der Waals surface area contributed by atoms with Crippen molar-refractivity contribution in [3.8, 4) is 0 Å². The van der Waals surface area contributed by atoms with Crippen LogP contribution in [-0.4, -0.2) is 36.7 Å². The summed E-state index contributed by atoms with van der Waals surface area (Å²) in [5, 5.41) is 0. The zero-order valence-corrected chi connectivity index (χ0v) is 20.9. The standard InChI is InChI=1S/C28H31F3O5/c1-24-10-8-19(32)27(4)18-7-11-25(2)16(15-9-12-34-13-15)5-6-17(25)26(18,3)22(20(21(24)27)35-14-24)36-23(33)28(29,30)31/h6,8-10,12-13,16,18,20-22H,5,7,11,14H2,1-4H3. The number of halogens is 3. The molecule has 1 aliphatic heterocycles. The first-order valence-corrected chi connectivity index (χ1v) is 12.6. The summed E-state index contributed by atoms with van der Waals surface area (Å²) in [6.45, 7) is 8.25. The van der Waals surface area contributed by atoms with Gasteiger partial charge in [0.2, 0.25) is 0 Å². The number of hydrogen-bond donors (Lipinski definition) is 0. The molecule has 5 aliphatic rings. The van der Waals surface area contributed by atoms with Crippen LogP contribution in [0.2, 0.25) is 0 Å². The first kappa shape index (κ1) is 24.0. The molecule has 0 bridgehead atoms. The Morgan fingerprint density at radius 2 is 1.92 bits per heavy atom. The van der Waals surface area contributed by atoms with E-state index in [0.29, 0.717) is 12.8 Å². The van der Waals surface area contributed by atoms with E-state index in [2.05, 4.69) is 13.0 Å². The Morgan fingerprint density at radius 1 is 1.17 bits per heavy atom. The van der Waals surface area contributed by atoms with Crippen LogP contribution in [0, 0.1) is 33.5 Å². The van der Waals surface area contributed by atoms with E-state index in [-0.39, 0.29) is 35.6 Å². The van der Waals surface area contributed by atoms with E-state index >= 15 is 0 Å². The van der Waals surface area contributed by atoms with Crippen LogP contribution in [-0.2, 0) is 19.1 Å². The van der Waals surface area contributed by atoms with Gasteiger partial charge in [0.25, 0.3) is 0 Å². The number of furan rings is 1. The molecule has 8 heteroatoms. The molecule has 6 rings (SSSR count). The number of carbonyl (C=O) groups excluding carboxylic acids is 2. The second-order valence-electron chi connectivity index (χ2n) is 12.3. The van der Waals surface area contributed by atoms with Crippen LogP contribution in [0.3, 0.4) is 0 Å². The quantitative estimate of drug-likeness (QED) is 0.378. The fourth-order valence-electron chi connectivity index (χ4n) is 9.22. The van der Waals surface area contributed by atoms with Crippen molar-refractivity contribution in [2.75, 3.05) is 6.61 Å². The van der Waals surface area contributed by atoms with E-state index in [1.54, 1.807) is 18.6 Å². The molecule has 2 heterocycles. The number of ketones is 1. The molecule has 9 atom stereocenters.